The number of anilines is 2. The van der Waals surface area contributed by atoms with E-state index in [2.05, 4.69) is 72.1 Å². The lowest BCUT2D eigenvalue weighted by atomic mass is 9.95. The van der Waals surface area contributed by atoms with Gasteiger partial charge in [-0.25, -0.2) is 0 Å². The molecule has 42 heavy (non-hydrogen) atoms. The van der Waals surface area contributed by atoms with E-state index in [0.29, 0.717) is 16.5 Å². The quantitative estimate of drug-likeness (QED) is 0.233. The second kappa shape index (κ2) is 11.2. The molecule has 0 radical (unpaired) electrons. The van der Waals surface area contributed by atoms with Crippen molar-refractivity contribution in [2.45, 2.75) is 60.5 Å². The van der Waals surface area contributed by atoms with Crippen LogP contribution in [0.5, 0.6) is 5.75 Å². The Balaban J connectivity index is 1.64. The van der Waals surface area contributed by atoms with E-state index in [0.717, 1.165) is 34.0 Å². The fraction of sp³-hybridized carbons (Fsp3) is 0.324. The van der Waals surface area contributed by atoms with E-state index < -0.39 is 5.41 Å². The maximum Gasteiger partial charge on any atom is 0.229 e. The van der Waals surface area contributed by atoms with Crippen LogP contribution in [0.1, 0.15) is 66.6 Å². The lowest BCUT2D eigenvalue weighted by Crippen LogP contribution is -2.30. The number of aryl methyl sites for hydroxylation is 3. The number of amides is 1. The molecule has 8 heteroatoms. The van der Waals surface area contributed by atoms with Gasteiger partial charge in [0.15, 0.2) is 5.11 Å². The number of hydrogen-bond donors (Lipinski definition) is 2. The number of thiocarbonyl (C=S) groups is 1. The van der Waals surface area contributed by atoms with Crippen LogP contribution in [0.3, 0.4) is 0 Å². The molecule has 3 heterocycles. The molecule has 5 rings (SSSR count). The van der Waals surface area contributed by atoms with Crippen molar-refractivity contribution in [3.8, 4) is 11.4 Å². The molecule has 2 aromatic heterocycles. The van der Waals surface area contributed by atoms with Gasteiger partial charge in [0.1, 0.15) is 5.75 Å². The highest BCUT2D eigenvalue weighted by Gasteiger charge is 2.42. The molecule has 0 spiro atoms. The minimum Gasteiger partial charge on any atom is -0.494 e. The van der Waals surface area contributed by atoms with E-state index >= 15 is 0 Å². The van der Waals surface area contributed by atoms with Crippen LogP contribution in [0.4, 0.5) is 11.4 Å². The van der Waals surface area contributed by atoms with Crippen molar-refractivity contribution in [2.75, 3.05) is 17.3 Å². The molecular formula is C34H39N5O2S. The Morgan fingerprint density at radius 2 is 1.69 bits per heavy atom. The van der Waals surface area contributed by atoms with E-state index in [1.807, 2.05) is 63.4 Å². The molecule has 0 bridgehead atoms. The number of hydrogen-bond acceptors (Lipinski definition) is 4. The van der Waals surface area contributed by atoms with E-state index in [1.165, 1.54) is 11.1 Å². The van der Waals surface area contributed by atoms with Crippen molar-refractivity contribution in [3.63, 3.8) is 0 Å². The van der Waals surface area contributed by atoms with Gasteiger partial charge in [0, 0.05) is 40.4 Å². The van der Waals surface area contributed by atoms with E-state index in [1.54, 1.807) is 7.11 Å². The number of benzene rings is 2. The van der Waals surface area contributed by atoms with Crippen LogP contribution in [0.2, 0.25) is 0 Å². The number of methoxy groups -OCH3 is 1. The van der Waals surface area contributed by atoms with Crippen LogP contribution in [-0.2, 0) is 4.79 Å². The zero-order chi connectivity index (χ0) is 30.3. The van der Waals surface area contributed by atoms with Crippen molar-refractivity contribution in [2.24, 2.45) is 5.41 Å². The predicted molar refractivity (Wildman–Crippen MR) is 174 cm³/mol. The Bertz CT molecular complexity index is 1630. The third-order valence-electron chi connectivity index (χ3n) is 7.74. The topological polar surface area (TPSA) is 71.4 Å². The van der Waals surface area contributed by atoms with Crippen LogP contribution in [0.15, 0.2) is 66.9 Å². The first-order valence-electron chi connectivity index (χ1n) is 14.2. The molecule has 2 atom stereocenters. The second-order valence-electron chi connectivity index (χ2n) is 12.1. The molecule has 1 fully saturated rings. The summed E-state index contributed by atoms with van der Waals surface area (Å²) in [5.41, 5.74) is 8.87. The van der Waals surface area contributed by atoms with Crippen molar-refractivity contribution in [1.29, 1.82) is 0 Å². The van der Waals surface area contributed by atoms with Crippen LogP contribution >= 0.6 is 12.2 Å². The molecule has 2 N–H and O–H groups in total. The van der Waals surface area contributed by atoms with Gasteiger partial charge < -0.3 is 24.8 Å². The summed E-state index contributed by atoms with van der Waals surface area (Å²) in [5.74, 6) is 0.479. The summed E-state index contributed by atoms with van der Waals surface area (Å²) >= 11 is 5.99. The van der Waals surface area contributed by atoms with Crippen LogP contribution < -0.4 is 20.3 Å². The average molecular weight is 582 g/mol. The first-order chi connectivity index (χ1) is 19.9. The Hall–Kier alpha value is -4.17. The van der Waals surface area contributed by atoms with Gasteiger partial charge in [0.25, 0.3) is 0 Å². The van der Waals surface area contributed by atoms with Gasteiger partial charge in [-0.15, -0.1) is 0 Å². The monoisotopic (exact) mass is 581 g/mol. The van der Waals surface area contributed by atoms with Gasteiger partial charge in [0.2, 0.25) is 5.91 Å². The lowest BCUT2D eigenvalue weighted by molar-refractivity contribution is -0.123. The summed E-state index contributed by atoms with van der Waals surface area (Å²) in [6, 6.07) is 20.3. The van der Waals surface area contributed by atoms with Crippen LogP contribution in [0, 0.1) is 33.1 Å². The summed E-state index contributed by atoms with van der Waals surface area (Å²) in [4.78, 5) is 19.6. The van der Waals surface area contributed by atoms with Crippen molar-refractivity contribution in [3.05, 3.63) is 101 Å². The maximum absolute atomic E-state index is 12.7. The molecule has 2 aromatic carbocycles. The summed E-state index contributed by atoms with van der Waals surface area (Å²) in [6.45, 7) is 14.2. The summed E-state index contributed by atoms with van der Waals surface area (Å²) < 4.78 is 8.07. The minimum atomic E-state index is -0.538. The summed E-state index contributed by atoms with van der Waals surface area (Å²) in [6.07, 6.45) is 1.81. The zero-order valence-corrected chi connectivity index (χ0v) is 26.4. The molecule has 1 aliphatic heterocycles. The Morgan fingerprint density at radius 1 is 0.976 bits per heavy atom. The molecular weight excluding hydrogens is 542 g/mol. The maximum atomic E-state index is 12.7. The third kappa shape index (κ3) is 5.51. The average Bonchev–Trinajstić information content (AvgIpc) is 3.43. The van der Waals surface area contributed by atoms with Crippen LogP contribution in [-0.4, -0.2) is 27.7 Å². The summed E-state index contributed by atoms with van der Waals surface area (Å²) in [5, 5.41) is 7.17. The van der Waals surface area contributed by atoms with Gasteiger partial charge in [-0.1, -0.05) is 32.9 Å². The largest absolute Gasteiger partial charge is 0.494 e. The smallest absolute Gasteiger partial charge is 0.229 e. The fourth-order valence-corrected chi connectivity index (χ4v) is 6.10. The first kappa shape index (κ1) is 29.3. The van der Waals surface area contributed by atoms with E-state index in [9.17, 15) is 4.79 Å². The normalized spacial score (nSPS) is 16.9. The molecule has 1 amide bonds. The molecule has 7 nitrogen and oxygen atoms in total. The Morgan fingerprint density at radius 3 is 2.31 bits per heavy atom. The van der Waals surface area contributed by atoms with Gasteiger partial charge in [-0.3, -0.25) is 9.78 Å². The summed E-state index contributed by atoms with van der Waals surface area (Å²) in [7, 11) is 1.61. The molecule has 0 unspecified atom stereocenters. The molecule has 1 aliphatic rings. The first-order valence-corrected chi connectivity index (χ1v) is 14.6. The zero-order valence-electron chi connectivity index (χ0n) is 25.6. The van der Waals surface area contributed by atoms with Crippen molar-refractivity contribution < 1.29 is 9.53 Å². The SMILES string of the molecule is COc1cc(N2C(=S)N[C@@H](c3ccccn3)[C@H]2c2cc(C)n(-c3cc(C)cc(C)c3)c2C)ccc1NC(=O)C(C)(C)C. The fourth-order valence-electron chi connectivity index (χ4n) is 5.76. The minimum absolute atomic E-state index is 0.0844. The van der Waals surface area contributed by atoms with Crippen LogP contribution in [0.25, 0.3) is 5.69 Å². The predicted octanol–water partition coefficient (Wildman–Crippen LogP) is 7.28. The Labute approximate surface area is 253 Å². The van der Waals surface area contributed by atoms with Gasteiger partial charge in [0.05, 0.1) is 30.6 Å². The van der Waals surface area contributed by atoms with Crippen molar-refractivity contribution in [1.82, 2.24) is 14.9 Å². The van der Waals surface area contributed by atoms with Gasteiger partial charge in [-0.05, 0) is 99.1 Å². The highest BCUT2D eigenvalue weighted by molar-refractivity contribution is 7.80. The Kier molecular flexibility index (Phi) is 7.86. The highest BCUT2D eigenvalue weighted by Crippen LogP contribution is 2.45. The van der Waals surface area contributed by atoms with Gasteiger partial charge >= 0.3 is 0 Å². The molecule has 0 saturated carbocycles. The van der Waals surface area contributed by atoms with E-state index in [-0.39, 0.29) is 18.0 Å². The molecule has 4 aromatic rings. The molecule has 218 valence electrons. The van der Waals surface area contributed by atoms with E-state index in [4.69, 9.17) is 21.9 Å². The third-order valence-corrected chi connectivity index (χ3v) is 8.06. The number of carbonyl (C=O) groups excluding carboxylic acids is 1. The molecule has 0 aliphatic carbocycles. The van der Waals surface area contributed by atoms with Gasteiger partial charge in [-0.2, -0.15) is 0 Å². The number of aromatic nitrogens is 2. The number of carbonyl (C=O) groups is 1. The highest BCUT2D eigenvalue weighted by atomic mass is 32.1. The van der Waals surface area contributed by atoms with Crippen molar-refractivity contribution >= 4 is 34.6 Å². The number of ether oxygens (including phenoxy) is 1. The lowest BCUT2D eigenvalue weighted by Gasteiger charge is -2.29. The number of nitrogens with one attached hydrogen (secondary N) is 2. The number of rotatable bonds is 6. The number of pyridine rings is 1. The standard InChI is InChI=1S/C34H39N5O2S/c1-20-15-21(2)17-25(16-20)38-22(3)18-26(23(38)4)31-30(28-11-9-10-14-35-28)37-33(42)39(31)24-12-13-27(29(19-24)41-8)36-32(40)34(5,6)7/h9-19,30-31H,1-8H3,(H,36,40)(H,37,42)/t30-,31+/m0/s1. The second-order valence-corrected chi connectivity index (χ2v) is 12.5. The number of nitrogens with zero attached hydrogens (tertiary/aromatic N) is 3. The molecule has 1 saturated heterocycles.